The fraction of sp³-hybridized carbons (Fsp3) is 0.273. The van der Waals surface area contributed by atoms with Gasteiger partial charge in [-0.25, -0.2) is 5.43 Å². The number of hydrogen-bond donors (Lipinski definition) is 3. The first kappa shape index (κ1) is 24.3. The van der Waals surface area contributed by atoms with E-state index in [9.17, 15) is 25.3 Å². The highest BCUT2D eigenvalue weighted by Gasteiger charge is 2.17. The molecule has 1 aliphatic heterocycles. The molecule has 186 valence electrons. The molecule has 14 heteroatoms. The van der Waals surface area contributed by atoms with Gasteiger partial charge in [-0.3, -0.25) is 20.2 Å². The van der Waals surface area contributed by atoms with Crippen LogP contribution in [0.5, 0.6) is 5.75 Å². The fourth-order valence-electron chi connectivity index (χ4n) is 3.64. The van der Waals surface area contributed by atoms with E-state index in [-0.39, 0.29) is 23.1 Å². The maximum absolute atomic E-state index is 11.0. The average molecular weight is 493 g/mol. The molecule has 0 radical (unpaired) electrons. The van der Waals surface area contributed by atoms with Crippen molar-refractivity contribution in [1.29, 1.82) is 0 Å². The second-order valence-corrected chi connectivity index (χ2v) is 7.95. The van der Waals surface area contributed by atoms with E-state index in [0.29, 0.717) is 11.6 Å². The Kier molecular flexibility index (Phi) is 7.43. The molecule has 3 aromatic rings. The number of phenols is 1. The molecule has 2 heterocycles. The molecule has 0 saturated carbocycles. The van der Waals surface area contributed by atoms with E-state index in [2.05, 4.69) is 35.7 Å². The number of phenolic OH excluding ortho intramolecular Hbond substituents is 1. The van der Waals surface area contributed by atoms with Crippen LogP contribution in [0.2, 0.25) is 0 Å². The third-order valence-electron chi connectivity index (χ3n) is 5.46. The predicted octanol–water partition coefficient (Wildman–Crippen LogP) is 3.96. The van der Waals surface area contributed by atoms with Gasteiger partial charge in [0.2, 0.25) is 23.6 Å². The molecule has 0 aliphatic carbocycles. The van der Waals surface area contributed by atoms with Crippen LogP contribution in [0.15, 0.2) is 47.6 Å². The number of non-ortho nitro benzene ring substituents is 1. The number of rotatable bonds is 8. The van der Waals surface area contributed by atoms with Crippen molar-refractivity contribution in [2.45, 2.75) is 25.7 Å². The Morgan fingerprint density at radius 1 is 0.917 bits per heavy atom. The van der Waals surface area contributed by atoms with Crippen molar-refractivity contribution in [2.75, 3.05) is 28.7 Å². The predicted molar refractivity (Wildman–Crippen MR) is 133 cm³/mol. The van der Waals surface area contributed by atoms with E-state index in [1.165, 1.54) is 36.5 Å². The summed E-state index contributed by atoms with van der Waals surface area (Å²) >= 11 is 0. The van der Waals surface area contributed by atoms with E-state index < -0.39 is 21.3 Å². The zero-order valence-electron chi connectivity index (χ0n) is 19.1. The van der Waals surface area contributed by atoms with Gasteiger partial charge in [-0.15, -0.1) is 0 Å². The molecule has 2 aromatic carbocycles. The lowest BCUT2D eigenvalue weighted by Crippen LogP contribution is -2.26. The molecule has 0 atom stereocenters. The highest BCUT2D eigenvalue weighted by atomic mass is 16.6. The molecule has 1 aliphatic rings. The average Bonchev–Trinajstić information content (AvgIpc) is 3.15. The van der Waals surface area contributed by atoms with Gasteiger partial charge in [-0.05, 0) is 31.0 Å². The topological polar surface area (TPSA) is 185 Å². The molecule has 0 unspecified atom stereocenters. The van der Waals surface area contributed by atoms with Crippen LogP contribution in [0.25, 0.3) is 0 Å². The van der Waals surface area contributed by atoms with Gasteiger partial charge in [-0.1, -0.05) is 18.9 Å². The molecule has 4 rings (SSSR count). The highest BCUT2D eigenvalue weighted by Crippen LogP contribution is 2.28. The zero-order chi connectivity index (χ0) is 25.5. The minimum atomic E-state index is -0.685. The van der Waals surface area contributed by atoms with Crippen LogP contribution in [0.3, 0.4) is 0 Å². The summed E-state index contributed by atoms with van der Waals surface area (Å²) in [6.45, 7) is 1.57. The van der Waals surface area contributed by atoms with Crippen LogP contribution in [0.4, 0.5) is 34.9 Å². The minimum absolute atomic E-state index is 0.0393. The maximum atomic E-state index is 11.0. The molecule has 1 fully saturated rings. The number of hydrazone groups is 1. The Morgan fingerprint density at radius 2 is 1.61 bits per heavy atom. The number of nitro benzene ring substituents is 2. The van der Waals surface area contributed by atoms with Gasteiger partial charge < -0.3 is 15.3 Å². The van der Waals surface area contributed by atoms with Gasteiger partial charge in [0, 0.05) is 42.5 Å². The van der Waals surface area contributed by atoms with Gasteiger partial charge in [0.1, 0.15) is 0 Å². The maximum Gasteiger partial charge on any atom is 0.311 e. The first-order valence-corrected chi connectivity index (χ1v) is 11.2. The number of para-hydroxylation sites is 1. The van der Waals surface area contributed by atoms with Crippen LogP contribution in [0.1, 0.15) is 31.2 Å². The number of anilines is 4. The van der Waals surface area contributed by atoms with Crippen molar-refractivity contribution >= 4 is 41.1 Å². The lowest BCUT2D eigenvalue weighted by Gasteiger charge is -2.21. The second kappa shape index (κ2) is 11.0. The van der Waals surface area contributed by atoms with E-state index in [0.717, 1.165) is 38.8 Å². The van der Waals surface area contributed by atoms with Gasteiger partial charge in [0.05, 0.1) is 16.1 Å². The van der Waals surface area contributed by atoms with E-state index >= 15 is 0 Å². The molecule has 36 heavy (non-hydrogen) atoms. The number of aromatic nitrogens is 3. The standard InChI is InChI=1S/C22H23N9O5/c32-19-15(6-5-7-18(19)31(35)36)14-23-28-21-25-20(24-16-8-10-17(11-9-16)30(33)34)26-22(27-21)29-12-3-1-2-4-13-29/h5-11,14,32H,1-4,12-13H2,(H2,24,25,26,27,28)/b23-14+. The van der Waals surface area contributed by atoms with Crippen LogP contribution >= 0.6 is 0 Å². The quantitative estimate of drug-likeness (QED) is 0.234. The Bertz CT molecular complexity index is 1280. The van der Waals surface area contributed by atoms with Crippen LogP contribution < -0.4 is 15.6 Å². The Morgan fingerprint density at radius 3 is 2.28 bits per heavy atom. The van der Waals surface area contributed by atoms with Gasteiger partial charge in [0.25, 0.3) is 5.69 Å². The molecule has 1 aromatic heterocycles. The zero-order valence-corrected chi connectivity index (χ0v) is 19.1. The van der Waals surface area contributed by atoms with Gasteiger partial charge >= 0.3 is 5.69 Å². The minimum Gasteiger partial charge on any atom is -0.502 e. The van der Waals surface area contributed by atoms with Gasteiger partial charge in [0.15, 0.2) is 0 Å². The van der Waals surface area contributed by atoms with Crippen molar-refractivity contribution in [2.24, 2.45) is 5.10 Å². The summed E-state index contributed by atoms with van der Waals surface area (Å²) in [7, 11) is 0. The van der Waals surface area contributed by atoms with Crippen molar-refractivity contribution in [3.8, 4) is 5.75 Å². The Hall–Kier alpha value is -4.88. The van der Waals surface area contributed by atoms with Crippen LogP contribution in [-0.4, -0.2) is 49.2 Å². The molecular formula is C22H23N9O5. The summed E-state index contributed by atoms with van der Waals surface area (Å²) < 4.78 is 0. The van der Waals surface area contributed by atoms with Crippen molar-refractivity contribution in [3.63, 3.8) is 0 Å². The summed E-state index contributed by atoms with van der Waals surface area (Å²) in [6.07, 6.45) is 5.48. The summed E-state index contributed by atoms with van der Waals surface area (Å²) in [5, 5.41) is 39.1. The highest BCUT2D eigenvalue weighted by molar-refractivity contribution is 5.85. The fourth-order valence-corrected chi connectivity index (χ4v) is 3.64. The lowest BCUT2D eigenvalue weighted by atomic mass is 10.2. The molecule has 14 nitrogen and oxygen atoms in total. The lowest BCUT2D eigenvalue weighted by molar-refractivity contribution is -0.385. The third-order valence-corrected chi connectivity index (χ3v) is 5.46. The van der Waals surface area contributed by atoms with Crippen molar-refractivity contribution < 1.29 is 15.0 Å². The number of benzene rings is 2. The molecule has 3 N–H and O–H groups in total. The van der Waals surface area contributed by atoms with E-state index in [1.807, 2.05) is 0 Å². The summed E-state index contributed by atoms with van der Waals surface area (Å²) in [5.74, 6) is 0.241. The smallest absolute Gasteiger partial charge is 0.311 e. The number of nitrogens with one attached hydrogen (secondary N) is 2. The monoisotopic (exact) mass is 493 g/mol. The molecule has 0 amide bonds. The van der Waals surface area contributed by atoms with Crippen molar-refractivity contribution in [1.82, 2.24) is 15.0 Å². The molecule has 0 spiro atoms. The number of nitro groups is 2. The summed E-state index contributed by atoms with van der Waals surface area (Å²) in [5.41, 5.74) is 2.90. The summed E-state index contributed by atoms with van der Waals surface area (Å²) in [4.78, 5) is 36.1. The Balaban J connectivity index is 1.59. The first-order chi connectivity index (χ1) is 17.4. The van der Waals surface area contributed by atoms with E-state index in [4.69, 9.17) is 0 Å². The van der Waals surface area contributed by atoms with E-state index in [1.54, 1.807) is 12.1 Å². The summed E-state index contributed by atoms with van der Waals surface area (Å²) in [6, 6.07) is 9.93. The molecular weight excluding hydrogens is 470 g/mol. The molecule has 0 bridgehead atoms. The largest absolute Gasteiger partial charge is 0.502 e. The first-order valence-electron chi connectivity index (χ1n) is 11.2. The van der Waals surface area contributed by atoms with Crippen LogP contribution in [0, 0.1) is 20.2 Å². The Labute approximate surface area is 205 Å². The normalized spacial score (nSPS) is 13.8. The molecule has 1 saturated heterocycles. The van der Waals surface area contributed by atoms with Crippen molar-refractivity contribution in [3.05, 3.63) is 68.3 Å². The second-order valence-electron chi connectivity index (χ2n) is 7.95. The number of hydrogen-bond acceptors (Lipinski definition) is 12. The number of aromatic hydroxyl groups is 1. The number of nitrogens with zero attached hydrogens (tertiary/aromatic N) is 7. The van der Waals surface area contributed by atoms with Crippen LogP contribution in [-0.2, 0) is 0 Å². The third kappa shape index (κ3) is 5.97. The SMILES string of the molecule is O=[N+]([O-])c1ccc(Nc2nc(N/N=C/c3cccc([N+](=O)[O-])c3O)nc(N3CCCCCC3)n2)cc1. The van der Waals surface area contributed by atoms with Gasteiger partial charge in [-0.2, -0.15) is 20.1 Å².